The number of aryl methyl sites for hydroxylation is 8. The van der Waals surface area contributed by atoms with Crippen molar-refractivity contribution in [3.63, 3.8) is 0 Å². The minimum absolute atomic E-state index is 0. The van der Waals surface area contributed by atoms with E-state index < -0.39 is 31.7 Å². The summed E-state index contributed by atoms with van der Waals surface area (Å²) in [6, 6.07) is 154. The molecule has 1 aliphatic heterocycles. The Morgan fingerprint density at radius 2 is 0.523 bits per heavy atom. The molecule has 0 bridgehead atoms. The summed E-state index contributed by atoms with van der Waals surface area (Å²) >= 11 is 3.40. The van der Waals surface area contributed by atoms with Crippen LogP contribution in [0.2, 0.25) is 0 Å². The summed E-state index contributed by atoms with van der Waals surface area (Å²) in [4.78, 5) is 8.46. The van der Waals surface area contributed by atoms with Crippen LogP contribution in [0.15, 0.2) is 463 Å². The van der Waals surface area contributed by atoms with Gasteiger partial charge in [0, 0.05) is 55.3 Å². The number of nitrogen functional groups attached to an aromatic ring is 2. The minimum atomic E-state index is -0.446. The van der Waals surface area contributed by atoms with Crippen molar-refractivity contribution in [2.24, 2.45) is 0 Å². The fraction of sp³-hybridized carbons (Fsp3) is 0.130. The van der Waals surface area contributed by atoms with Gasteiger partial charge in [0.15, 0.2) is 0 Å². The van der Waals surface area contributed by atoms with Gasteiger partial charge in [0.1, 0.15) is 23.2 Å². The van der Waals surface area contributed by atoms with E-state index in [1.165, 1.54) is 74.8 Å². The maximum atomic E-state index is 6.03. The molecule has 670 valence electrons. The summed E-state index contributed by atoms with van der Waals surface area (Å²) in [6.45, 7) is 15.8. The van der Waals surface area contributed by atoms with Crippen LogP contribution in [0.5, 0.6) is 0 Å². The van der Waals surface area contributed by atoms with Crippen LogP contribution in [0.3, 0.4) is 0 Å². The first kappa shape index (κ1) is 101. The van der Waals surface area contributed by atoms with Gasteiger partial charge in [-0.1, -0.05) is 442 Å². The molecule has 14 aromatic carbocycles. The predicted molar refractivity (Wildman–Crippen MR) is 569 cm³/mol. The third kappa shape index (κ3) is 28.9. The van der Waals surface area contributed by atoms with E-state index in [1.54, 1.807) is 12.4 Å². The second-order valence-corrected chi connectivity index (χ2v) is 41.6. The van der Waals surface area contributed by atoms with Crippen molar-refractivity contribution >= 4 is 135 Å². The van der Waals surface area contributed by atoms with Crippen molar-refractivity contribution in [3.8, 4) is 11.1 Å². The van der Waals surface area contributed by atoms with Gasteiger partial charge < -0.3 is 29.8 Å². The third-order valence-corrected chi connectivity index (χ3v) is 32.3. The fourth-order valence-electron chi connectivity index (χ4n) is 14.8. The molecule has 5 heterocycles. The quantitative estimate of drug-likeness (QED) is 0.0558. The molecule has 4 aromatic heterocycles. The second kappa shape index (κ2) is 51.9. The van der Waals surface area contributed by atoms with Gasteiger partial charge >= 0.3 is 7.12 Å². The number of pyridine rings is 2. The summed E-state index contributed by atoms with van der Waals surface area (Å²) in [5.74, 6) is 2.78. The zero-order chi connectivity index (χ0) is 90.7. The molecule has 0 saturated carbocycles. The monoisotopic (exact) mass is 1970 g/mol. The van der Waals surface area contributed by atoms with Crippen LogP contribution >= 0.6 is 47.6 Å². The van der Waals surface area contributed by atoms with Gasteiger partial charge in [-0.2, -0.15) is 0 Å². The zero-order valence-corrected chi connectivity index (χ0v) is 81.9. The molecule has 18 aromatic rings. The average Bonchev–Trinajstić information content (AvgIpc) is 1.61. The standard InChI is InChI=1S/C18H19N3O.4C18H15P.C13H13BrN2.C11H18BNO3.CH4.Pd.H2/c1-12-17(13(2)22-21-12)16-10-15(18(19)20-11-16)9-8-14-6-4-3-5-7-14;4*1-4-10-16(11-5-1)19(17-12-6-2-7-13-17)18-14-8-3-9-15-18;14-12-8-11(13(15)16-9-12)7-6-10-4-2-1-3-5-10;1-7-9(8(2)14-13-7)12-15-10(3,4)11(5,6)16-12;;;/h3-7,10-11H,8-9H2,1-2H3,(H2,19,20);4*1-15H;1-5,8-9H,6-7H2,(H2,15,16);1-6H3;1H4;;1H/i;;;;;;;;;1+1. The third-order valence-electron chi connectivity index (χ3n) is 22.1. The van der Waals surface area contributed by atoms with Crippen LogP contribution in [0.25, 0.3) is 11.1 Å². The van der Waals surface area contributed by atoms with Crippen LogP contribution in [0, 0.1) is 27.7 Å². The Morgan fingerprint density at radius 1 is 0.303 bits per heavy atom. The number of aromatic nitrogens is 4. The van der Waals surface area contributed by atoms with Gasteiger partial charge in [-0.3, -0.25) is 0 Å². The number of anilines is 2. The number of rotatable bonds is 20. The van der Waals surface area contributed by atoms with Crippen molar-refractivity contribution in [2.45, 2.75) is 99.7 Å². The van der Waals surface area contributed by atoms with E-state index in [4.69, 9.17) is 29.8 Å². The van der Waals surface area contributed by atoms with Crippen molar-refractivity contribution < 1.29 is 40.2 Å². The van der Waals surface area contributed by atoms with Gasteiger partial charge in [0.25, 0.3) is 0 Å². The van der Waals surface area contributed by atoms with E-state index in [-0.39, 0.29) is 47.6 Å². The first-order valence-electron chi connectivity index (χ1n) is 43.7. The molecular weight excluding hydrogens is 1850 g/mol. The van der Waals surface area contributed by atoms with Crippen LogP contribution in [-0.2, 0) is 55.4 Å². The van der Waals surface area contributed by atoms with Crippen LogP contribution in [0.4, 0.5) is 11.6 Å². The van der Waals surface area contributed by atoms with Crippen molar-refractivity contribution in [3.05, 3.63) is 499 Å². The van der Waals surface area contributed by atoms with Crippen molar-refractivity contribution in [1.82, 2.24) is 20.3 Å². The molecule has 132 heavy (non-hydrogen) atoms. The van der Waals surface area contributed by atoms with Gasteiger partial charge in [-0.25, -0.2) is 9.97 Å². The number of hydrogen-bond donors (Lipinski definition) is 2. The summed E-state index contributed by atoms with van der Waals surface area (Å²) < 4.78 is 23.2. The molecule has 10 nitrogen and oxygen atoms in total. The first-order chi connectivity index (χ1) is 63.4. The fourth-order valence-corrected chi connectivity index (χ4v) is 24.4. The maximum Gasteiger partial charge on any atom is 0.500 e. The largest absolute Gasteiger partial charge is 0.500 e. The van der Waals surface area contributed by atoms with Gasteiger partial charge in [0.05, 0.1) is 22.6 Å². The molecular formula is C115H116BBrN6O4P4Pd. The number of hydrogen-bond acceptors (Lipinski definition) is 10. The van der Waals surface area contributed by atoms with E-state index in [9.17, 15) is 0 Å². The Labute approximate surface area is 810 Å². The number of nitrogens with two attached hydrogens (primary N) is 2. The molecule has 17 heteroatoms. The normalized spacial score (nSPS) is 11.9. The SMILES string of the molecule is C.Cc1noc(C)c1-c1cnc(N)c(CCc2ccccc2)c1.Cc1noc(C)c1B1OC(C)(C)C(C)(C)O1.Nc1ncc(Br)cc1CCc1ccccc1.[2HH].[Pd].c1ccc(P(c2ccccc2)c2ccccc2)cc1.c1ccc(P(c2ccccc2)c2ccccc2)cc1.c1ccc(P(c2ccccc2)c2ccccc2)cc1.c1ccc(P(c2ccccc2)c2ccccc2)cc1. The van der Waals surface area contributed by atoms with E-state index in [0.29, 0.717) is 11.6 Å². The van der Waals surface area contributed by atoms with Crippen LogP contribution < -0.4 is 80.6 Å². The smallest absolute Gasteiger partial charge is 0.399 e. The summed E-state index contributed by atoms with van der Waals surface area (Å²) in [7, 11) is -2.16. The molecule has 1 aliphatic rings. The average molecular weight is 1970 g/mol. The van der Waals surface area contributed by atoms with Gasteiger partial charge in [-0.15, -0.1) is 0 Å². The Kier molecular flexibility index (Phi) is 39.6. The number of nitrogens with zero attached hydrogens (tertiary/aromatic N) is 4. The summed E-state index contributed by atoms with van der Waals surface area (Å²) in [5.41, 5.74) is 20.6. The van der Waals surface area contributed by atoms with Crippen molar-refractivity contribution in [1.29, 1.82) is 0 Å². The molecule has 0 atom stereocenters. The molecule has 0 spiro atoms. The molecule has 0 radical (unpaired) electrons. The van der Waals surface area contributed by atoms with E-state index in [0.717, 1.165) is 80.8 Å². The first-order valence-corrected chi connectivity index (χ1v) is 49.9. The maximum absolute atomic E-state index is 6.03. The molecule has 4 N–H and O–H groups in total. The molecule has 1 fully saturated rings. The molecule has 0 unspecified atom stereocenters. The van der Waals surface area contributed by atoms with E-state index in [2.05, 4.69) is 455 Å². The van der Waals surface area contributed by atoms with Gasteiger partial charge in [-0.05, 0) is 227 Å². The number of halogens is 1. The molecule has 0 amide bonds. The Hall–Kier alpha value is -11.8. The molecule has 0 aliphatic carbocycles. The van der Waals surface area contributed by atoms with Crippen LogP contribution in [0.1, 0.15) is 81.7 Å². The van der Waals surface area contributed by atoms with E-state index >= 15 is 0 Å². The van der Waals surface area contributed by atoms with Gasteiger partial charge in [0.2, 0.25) is 0 Å². The summed E-state index contributed by atoms with van der Waals surface area (Å²) in [5, 5.41) is 24.7. The Morgan fingerprint density at radius 3 is 0.750 bits per heavy atom. The zero-order valence-electron chi connectivity index (χ0n) is 75.2. The molecule has 1 saturated heterocycles. The van der Waals surface area contributed by atoms with E-state index in [1.807, 2.05) is 73.6 Å². The van der Waals surface area contributed by atoms with Crippen LogP contribution in [-0.4, -0.2) is 38.6 Å². The topological polar surface area (TPSA) is 148 Å². The summed E-state index contributed by atoms with van der Waals surface area (Å²) in [6.07, 6.45) is 7.22. The molecule has 19 rings (SSSR count). The minimum Gasteiger partial charge on any atom is -0.399 e. The second-order valence-electron chi connectivity index (χ2n) is 31.8. The Bertz CT molecular complexity index is 5440. The van der Waals surface area contributed by atoms with Crippen molar-refractivity contribution in [2.75, 3.05) is 11.5 Å². The number of benzene rings is 14. The Balaban J connectivity index is 0.000000161. The predicted octanol–water partition coefficient (Wildman–Crippen LogP) is 23.2.